The highest BCUT2D eigenvalue weighted by molar-refractivity contribution is 8.00. The first-order valence-corrected chi connectivity index (χ1v) is 26.2. The van der Waals surface area contributed by atoms with Crippen LogP contribution in [0.4, 0.5) is 4.39 Å². The summed E-state index contributed by atoms with van der Waals surface area (Å²) in [4.78, 5) is 24.0. The van der Waals surface area contributed by atoms with Crippen LogP contribution in [0.15, 0.2) is 4.99 Å². The van der Waals surface area contributed by atoms with E-state index in [-0.39, 0.29) is 96.1 Å². The second-order valence-corrected chi connectivity index (χ2v) is 23.1. The lowest BCUT2D eigenvalue weighted by atomic mass is 9.57. The zero-order valence-corrected chi connectivity index (χ0v) is 39.4. The number of ether oxygens (including phenoxy) is 3. The van der Waals surface area contributed by atoms with Gasteiger partial charge >= 0.3 is 0 Å². The monoisotopic (exact) mass is 907 g/mol. The number of nitrogens with one attached hydrogen (secondary N) is 6. The summed E-state index contributed by atoms with van der Waals surface area (Å²) in [5.74, 6) is 8.32. The molecule has 10 rings (SSSR count). The Labute approximate surface area is 385 Å². The number of hydrogen-bond donors (Lipinski definition) is 6. The molecule has 14 nitrogen and oxygen atoms in total. The van der Waals surface area contributed by atoms with Crippen LogP contribution in [0.25, 0.3) is 0 Å². The molecule has 0 aromatic rings. The maximum Gasteiger partial charge on any atom is 0.238 e. The average molecular weight is 907 g/mol. The lowest BCUT2D eigenvalue weighted by Gasteiger charge is -2.60. The summed E-state index contributed by atoms with van der Waals surface area (Å²) in [6.45, 7) is 10.7. The van der Waals surface area contributed by atoms with Crippen LogP contribution in [0.5, 0.6) is 0 Å². The van der Waals surface area contributed by atoms with Crippen molar-refractivity contribution in [2.45, 2.75) is 195 Å². The van der Waals surface area contributed by atoms with Crippen molar-refractivity contribution in [1.82, 2.24) is 42.1 Å². The number of thioether (sulfide) groups is 1. The average Bonchev–Trinajstić information content (AvgIpc) is 3.98. The fourth-order valence-corrected chi connectivity index (χ4v) is 15.4. The van der Waals surface area contributed by atoms with Crippen molar-refractivity contribution in [2.24, 2.45) is 45.9 Å². The van der Waals surface area contributed by atoms with E-state index in [1.54, 1.807) is 7.11 Å². The molecule has 1 amide bonds. The minimum Gasteiger partial charge on any atom is -0.380 e. The van der Waals surface area contributed by atoms with Crippen molar-refractivity contribution < 1.29 is 23.4 Å². The lowest BCUT2D eigenvalue weighted by molar-refractivity contribution is -0.131. The van der Waals surface area contributed by atoms with Gasteiger partial charge in [0.05, 0.1) is 66.8 Å². The zero-order chi connectivity index (χ0) is 44.1. The Bertz CT molecular complexity index is 1780. The number of methoxy groups -OCH3 is 1. The van der Waals surface area contributed by atoms with E-state index in [0.29, 0.717) is 28.9 Å². The molecule has 5 saturated heterocycles. The highest BCUT2D eigenvalue weighted by Gasteiger charge is 2.56. The predicted molar refractivity (Wildman–Crippen MR) is 245 cm³/mol. The van der Waals surface area contributed by atoms with Gasteiger partial charge in [-0.05, 0) is 102 Å². The Hall–Kier alpha value is -1.93. The van der Waals surface area contributed by atoms with Crippen molar-refractivity contribution in [2.75, 3.05) is 33.4 Å². The molecule has 6 N–H and O–H groups in total. The minimum absolute atomic E-state index is 0.0198. The van der Waals surface area contributed by atoms with Crippen LogP contribution in [0, 0.1) is 64.1 Å². The van der Waals surface area contributed by atoms with Gasteiger partial charge < -0.3 is 19.5 Å². The van der Waals surface area contributed by atoms with Crippen LogP contribution in [0.3, 0.4) is 0 Å². The third-order valence-corrected chi connectivity index (χ3v) is 19.0. The number of nitriles is 1. The smallest absolute Gasteiger partial charge is 0.238 e. The second-order valence-electron chi connectivity index (χ2n) is 21.6. The Morgan fingerprint density at radius 3 is 2.48 bits per heavy atom. The highest BCUT2D eigenvalue weighted by atomic mass is 32.2. The molecule has 16 atom stereocenters. The van der Waals surface area contributed by atoms with Gasteiger partial charge in [0.25, 0.3) is 0 Å². The predicted octanol–water partition coefficient (Wildman–Crippen LogP) is 4.14. The molecule has 0 aromatic carbocycles. The van der Waals surface area contributed by atoms with Gasteiger partial charge in [0, 0.05) is 80.3 Å². The third-order valence-electron chi connectivity index (χ3n) is 17.3. The normalized spacial score (nSPS) is 46.0. The number of amides is 1. The van der Waals surface area contributed by atoms with Gasteiger partial charge in [0.1, 0.15) is 18.4 Å². The van der Waals surface area contributed by atoms with Gasteiger partial charge in [-0.2, -0.15) is 5.26 Å². The number of hydrogen-bond acceptors (Lipinski definition) is 14. The highest BCUT2D eigenvalue weighted by Crippen LogP contribution is 2.53. The van der Waals surface area contributed by atoms with Crippen LogP contribution in [0.1, 0.15) is 117 Å². The van der Waals surface area contributed by atoms with Crippen molar-refractivity contribution in [3.8, 4) is 17.9 Å². The summed E-state index contributed by atoms with van der Waals surface area (Å²) in [5.41, 5.74) is 15.4. The van der Waals surface area contributed by atoms with Gasteiger partial charge in [-0.3, -0.25) is 24.9 Å². The summed E-state index contributed by atoms with van der Waals surface area (Å²) in [6, 6.07) is 2.33. The fraction of sp³-hybridized carbons (Fsp3) is 0.896. The number of alkyl halides is 1. The van der Waals surface area contributed by atoms with E-state index in [0.717, 1.165) is 122 Å². The molecule has 10 aliphatic rings. The molecule has 64 heavy (non-hydrogen) atoms. The molecular formula is C48H75FN10O4S. The molecule has 16 heteroatoms. The molecule has 354 valence electrons. The topological polar surface area (TPSA) is 160 Å². The van der Waals surface area contributed by atoms with E-state index in [2.05, 4.69) is 80.8 Å². The van der Waals surface area contributed by atoms with Gasteiger partial charge in [0.15, 0.2) is 0 Å². The molecule has 6 heterocycles. The Balaban J connectivity index is 0.649. The first-order valence-electron chi connectivity index (χ1n) is 25.2. The number of hydrazine groups is 2. The van der Waals surface area contributed by atoms with Crippen molar-refractivity contribution in [3.63, 3.8) is 0 Å². The zero-order valence-electron chi connectivity index (χ0n) is 38.6. The van der Waals surface area contributed by atoms with E-state index in [1.807, 2.05) is 11.8 Å². The number of rotatable bonds is 9. The summed E-state index contributed by atoms with van der Waals surface area (Å²) in [6.07, 6.45) is 13.2. The number of fused-ring (bicyclic) bond motifs is 3. The van der Waals surface area contributed by atoms with Crippen molar-refractivity contribution >= 4 is 23.4 Å². The van der Waals surface area contributed by atoms with E-state index in [1.165, 1.54) is 0 Å². The molecule has 0 aromatic heterocycles. The molecule has 1 spiro atoms. The number of halogens is 1. The van der Waals surface area contributed by atoms with Crippen molar-refractivity contribution in [1.29, 1.82) is 5.26 Å². The maximum absolute atomic E-state index is 16.6. The lowest BCUT2D eigenvalue weighted by Crippen LogP contribution is -2.70. The SMILES string of the molecule is COC1CC(OC2CCC(NC(=O)C3CCC(N4CC5(CC(C#CC6CCC(C7=NC(CC8NCCO8)C8NNC(C)N8C8SC(C)C(C)C78)C(F)C6)C5)C4)NN3)CC2)CCC1C#N. The number of carbonyl (C=O) groups excluding carboxylic acids is 1. The molecule has 4 aliphatic carbocycles. The molecule has 6 aliphatic heterocycles. The number of carbonyl (C=O) groups is 1. The molecule has 0 radical (unpaired) electrons. The summed E-state index contributed by atoms with van der Waals surface area (Å²) < 4.78 is 34.7. The van der Waals surface area contributed by atoms with Crippen LogP contribution < -0.4 is 32.3 Å². The van der Waals surface area contributed by atoms with E-state index < -0.39 is 6.17 Å². The standard InChI is InChI=1S/C48H75FN10O4S/c1-27-28(2)64-47-43(27)44(53-39(21-42-51-17-18-62-42)45-57-54-29(3)59(45)47)36-14-7-30(19-37(36)49)5-6-31-22-48(23-31)25-58(26-48)41-16-15-38(55-56-41)46(60)52-33-9-12-34(13-10-33)63-35-11-8-32(24-50)40(20-35)61-4/h27-43,45,47,51,54-57H,7-23,25-26H2,1-4H3,(H,52,60). The van der Waals surface area contributed by atoms with Crippen molar-refractivity contribution in [3.05, 3.63) is 0 Å². The van der Waals surface area contributed by atoms with E-state index in [9.17, 15) is 10.1 Å². The Kier molecular flexibility index (Phi) is 14.0. The van der Waals surface area contributed by atoms with Crippen LogP contribution in [-0.4, -0.2) is 133 Å². The Morgan fingerprint density at radius 1 is 0.969 bits per heavy atom. The number of likely N-dealkylation sites (tertiary alicyclic amines) is 1. The third kappa shape index (κ3) is 9.43. The number of nitrogens with zero attached hydrogens (tertiary/aromatic N) is 4. The summed E-state index contributed by atoms with van der Waals surface area (Å²) in [5, 5.41) is 17.0. The van der Waals surface area contributed by atoms with Crippen LogP contribution >= 0.6 is 11.8 Å². The number of aliphatic imine (C=N–C) groups is 1. The maximum atomic E-state index is 16.6. The molecule has 0 bridgehead atoms. The van der Waals surface area contributed by atoms with Gasteiger partial charge in [-0.15, -0.1) is 11.8 Å². The van der Waals surface area contributed by atoms with E-state index >= 15 is 4.39 Å². The first kappa shape index (κ1) is 45.8. The van der Waals surface area contributed by atoms with E-state index in [4.69, 9.17) is 19.2 Å². The van der Waals surface area contributed by atoms with Gasteiger partial charge in [-0.1, -0.05) is 25.7 Å². The van der Waals surface area contributed by atoms with Crippen LogP contribution in [-0.2, 0) is 19.0 Å². The molecular weight excluding hydrogens is 832 g/mol. The minimum atomic E-state index is -0.925. The van der Waals surface area contributed by atoms with Gasteiger partial charge in [0.2, 0.25) is 5.91 Å². The summed E-state index contributed by atoms with van der Waals surface area (Å²) in [7, 11) is 1.69. The molecule has 9 fully saturated rings. The van der Waals surface area contributed by atoms with Gasteiger partial charge in [-0.25, -0.2) is 26.1 Å². The van der Waals surface area contributed by atoms with Crippen LogP contribution in [0.2, 0.25) is 0 Å². The fourth-order valence-electron chi connectivity index (χ4n) is 13.5. The quantitative estimate of drug-likeness (QED) is 0.184. The first-order chi connectivity index (χ1) is 31.1. The molecule has 16 unspecified atom stereocenters. The summed E-state index contributed by atoms with van der Waals surface area (Å²) >= 11 is 2.05. The largest absolute Gasteiger partial charge is 0.380 e. The second kappa shape index (κ2) is 19.6. The molecule has 4 saturated carbocycles. The Morgan fingerprint density at radius 2 is 1.77 bits per heavy atom.